The van der Waals surface area contributed by atoms with E-state index in [0.29, 0.717) is 36.9 Å². The summed E-state index contributed by atoms with van der Waals surface area (Å²) in [5.41, 5.74) is 3.13. The zero-order chi connectivity index (χ0) is 23.2. The predicted molar refractivity (Wildman–Crippen MR) is 132 cm³/mol. The highest BCUT2D eigenvalue weighted by Crippen LogP contribution is 2.22. The van der Waals surface area contributed by atoms with Crippen LogP contribution in [0.1, 0.15) is 5.69 Å². The number of carbonyl (C=O) groups excluding carboxylic acids is 2. The Kier molecular flexibility index (Phi) is 7.26. The molecule has 4 amide bonds. The Hall–Kier alpha value is -3.36. The molecule has 3 aromatic rings. The van der Waals surface area contributed by atoms with E-state index < -0.39 is 0 Å². The van der Waals surface area contributed by atoms with Crippen LogP contribution in [-0.2, 0) is 0 Å². The van der Waals surface area contributed by atoms with Crippen molar-refractivity contribution in [3.05, 3.63) is 65.3 Å². The number of urea groups is 2. The Morgan fingerprint density at radius 3 is 2.58 bits per heavy atom. The monoisotopic (exact) mass is 466 g/mol. The number of nitrogens with zero attached hydrogens (tertiary/aromatic N) is 3. The minimum atomic E-state index is -0.245. The van der Waals surface area contributed by atoms with Gasteiger partial charge >= 0.3 is 12.1 Å². The first-order valence-corrected chi connectivity index (χ1v) is 11.3. The van der Waals surface area contributed by atoms with Gasteiger partial charge in [-0.05, 0) is 37.3 Å². The van der Waals surface area contributed by atoms with Gasteiger partial charge in [0.05, 0.1) is 11.2 Å². The Morgan fingerprint density at radius 1 is 1.00 bits per heavy atom. The van der Waals surface area contributed by atoms with E-state index in [0.717, 1.165) is 35.4 Å². The summed E-state index contributed by atoms with van der Waals surface area (Å²) in [5, 5.41) is 10.2. The van der Waals surface area contributed by atoms with Gasteiger partial charge in [0.25, 0.3) is 0 Å². The minimum absolute atomic E-state index is 0.130. The fraction of sp³-hybridized carbons (Fsp3) is 0.292. The van der Waals surface area contributed by atoms with E-state index in [2.05, 4.69) is 25.8 Å². The molecule has 33 heavy (non-hydrogen) atoms. The number of rotatable bonds is 5. The number of amides is 4. The second-order valence-corrected chi connectivity index (χ2v) is 8.41. The Labute approximate surface area is 197 Å². The number of carbonyl (C=O) groups is 2. The summed E-state index contributed by atoms with van der Waals surface area (Å²) in [6.07, 6.45) is 0. The zero-order valence-electron chi connectivity index (χ0n) is 18.5. The van der Waals surface area contributed by atoms with Crippen molar-refractivity contribution in [2.75, 3.05) is 49.9 Å². The molecule has 1 aromatic heterocycles. The summed E-state index contributed by atoms with van der Waals surface area (Å²) in [5.74, 6) is 0. The first kappa shape index (κ1) is 22.8. The summed E-state index contributed by atoms with van der Waals surface area (Å²) in [4.78, 5) is 33.4. The van der Waals surface area contributed by atoms with E-state index in [-0.39, 0.29) is 12.1 Å². The smallest absolute Gasteiger partial charge is 0.321 e. The largest absolute Gasteiger partial charge is 0.337 e. The molecule has 8 nitrogen and oxygen atoms in total. The molecule has 0 aliphatic carbocycles. The van der Waals surface area contributed by atoms with Crippen LogP contribution < -0.4 is 16.0 Å². The lowest BCUT2D eigenvalue weighted by molar-refractivity contribution is 0.148. The number of pyridine rings is 1. The van der Waals surface area contributed by atoms with E-state index in [1.54, 1.807) is 23.1 Å². The molecule has 0 saturated carbocycles. The molecule has 0 radical (unpaired) electrons. The van der Waals surface area contributed by atoms with Crippen LogP contribution in [-0.4, -0.2) is 66.1 Å². The summed E-state index contributed by atoms with van der Waals surface area (Å²) in [7, 11) is 0. The normalized spacial score (nSPS) is 14.2. The number of hydrogen-bond donors (Lipinski definition) is 3. The summed E-state index contributed by atoms with van der Waals surface area (Å²) in [6.45, 7) is 5.89. The van der Waals surface area contributed by atoms with Crippen LogP contribution in [0.4, 0.5) is 21.0 Å². The SMILES string of the molecule is Cc1cc(NC(=O)NCCN2CCN(C(=O)Nc3cccc(Cl)c3)CC2)c2ccccc2n1. The van der Waals surface area contributed by atoms with Crippen molar-refractivity contribution in [2.24, 2.45) is 0 Å². The number of anilines is 2. The van der Waals surface area contributed by atoms with Crippen molar-refractivity contribution in [3.8, 4) is 0 Å². The molecule has 0 atom stereocenters. The zero-order valence-corrected chi connectivity index (χ0v) is 19.2. The van der Waals surface area contributed by atoms with Crippen molar-refractivity contribution >= 4 is 45.9 Å². The lowest BCUT2D eigenvalue weighted by Gasteiger charge is -2.34. The molecule has 2 aromatic carbocycles. The molecule has 0 bridgehead atoms. The van der Waals surface area contributed by atoms with Gasteiger partial charge in [-0.25, -0.2) is 9.59 Å². The highest BCUT2D eigenvalue weighted by Gasteiger charge is 2.21. The van der Waals surface area contributed by atoms with Crippen molar-refractivity contribution in [1.29, 1.82) is 0 Å². The maximum absolute atomic E-state index is 12.5. The van der Waals surface area contributed by atoms with Gasteiger partial charge in [-0.1, -0.05) is 35.9 Å². The molecule has 1 aliphatic rings. The molecule has 3 N–H and O–H groups in total. The van der Waals surface area contributed by atoms with Crippen molar-refractivity contribution in [2.45, 2.75) is 6.92 Å². The molecular weight excluding hydrogens is 440 g/mol. The van der Waals surface area contributed by atoms with Gasteiger partial charge in [0.15, 0.2) is 0 Å². The molecule has 4 rings (SSSR count). The number of fused-ring (bicyclic) bond motifs is 1. The molecule has 9 heteroatoms. The maximum Gasteiger partial charge on any atom is 0.321 e. The van der Waals surface area contributed by atoms with Gasteiger partial charge in [-0.3, -0.25) is 9.88 Å². The van der Waals surface area contributed by atoms with Gasteiger partial charge in [-0.2, -0.15) is 0 Å². The third-order valence-electron chi connectivity index (χ3n) is 5.54. The first-order chi connectivity index (χ1) is 16.0. The molecular formula is C24H27ClN6O2. The lowest BCUT2D eigenvalue weighted by atomic mass is 10.1. The number of aromatic nitrogens is 1. The molecule has 0 unspecified atom stereocenters. The van der Waals surface area contributed by atoms with Gasteiger partial charge < -0.3 is 20.9 Å². The highest BCUT2D eigenvalue weighted by atomic mass is 35.5. The van der Waals surface area contributed by atoms with E-state index in [1.165, 1.54) is 0 Å². The fourth-order valence-corrected chi connectivity index (χ4v) is 4.04. The average molecular weight is 467 g/mol. The van der Waals surface area contributed by atoms with Crippen LogP contribution in [0.2, 0.25) is 5.02 Å². The van der Waals surface area contributed by atoms with Crippen molar-refractivity contribution in [3.63, 3.8) is 0 Å². The lowest BCUT2D eigenvalue weighted by Crippen LogP contribution is -2.51. The second kappa shape index (κ2) is 10.5. The van der Waals surface area contributed by atoms with Gasteiger partial charge in [-0.15, -0.1) is 0 Å². The van der Waals surface area contributed by atoms with Crippen molar-refractivity contribution in [1.82, 2.24) is 20.1 Å². The van der Waals surface area contributed by atoms with Crippen LogP contribution >= 0.6 is 11.6 Å². The standard InChI is InChI=1S/C24H27ClN6O2/c1-17-15-22(20-7-2-3-8-21(20)27-17)29-23(32)26-9-10-30-11-13-31(14-12-30)24(33)28-19-6-4-5-18(25)16-19/h2-8,15-16H,9-14H2,1H3,(H,28,33)(H2,26,27,29,32). The summed E-state index contributed by atoms with van der Waals surface area (Å²) < 4.78 is 0. The van der Waals surface area contributed by atoms with Crippen LogP contribution in [0.3, 0.4) is 0 Å². The van der Waals surface area contributed by atoms with Crippen LogP contribution in [0.15, 0.2) is 54.6 Å². The number of piperazine rings is 1. The van der Waals surface area contributed by atoms with E-state index >= 15 is 0 Å². The molecule has 1 saturated heterocycles. The Bertz CT molecular complexity index is 1150. The third kappa shape index (κ3) is 6.12. The van der Waals surface area contributed by atoms with E-state index in [4.69, 9.17) is 11.6 Å². The number of aryl methyl sites for hydroxylation is 1. The highest BCUT2D eigenvalue weighted by molar-refractivity contribution is 6.30. The quantitative estimate of drug-likeness (QED) is 0.526. The van der Waals surface area contributed by atoms with Crippen molar-refractivity contribution < 1.29 is 9.59 Å². The molecule has 172 valence electrons. The Balaban J connectivity index is 1.20. The molecule has 1 aliphatic heterocycles. The van der Waals surface area contributed by atoms with E-state index in [1.807, 2.05) is 43.3 Å². The number of halogens is 1. The van der Waals surface area contributed by atoms with Crippen LogP contribution in [0.5, 0.6) is 0 Å². The van der Waals surface area contributed by atoms with Crippen LogP contribution in [0.25, 0.3) is 10.9 Å². The maximum atomic E-state index is 12.5. The number of para-hydroxylation sites is 1. The van der Waals surface area contributed by atoms with E-state index in [9.17, 15) is 9.59 Å². The van der Waals surface area contributed by atoms with Gasteiger partial charge in [0.2, 0.25) is 0 Å². The number of hydrogen-bond acceptors (Lipinski definition) is 4. The predicted octanol–water partition coefficient (Wildman–Crippen LogP) is 4.17. The molecule has 2 heterocycles. The fourth-order valence-electron chi connectivity index (χ4n) is 3.85. The second-order valence-electron chi connectivity index (χ2n) is 7.98. The minimum Gasteiger partial charge on any atom is -0.337 e. The molecule has 0 spiro atoms. The van der Waals surface area contributed by atoms with Crippen LogP contribution in [0, 0.1) is 6.92 Å². The number of benzene rings is 2. The molecule has 1 fully saturated rings. The third-order valence-corrected chi connectivity index (χ3v) is 5.78. The summed E-state index contributed by atoms with van der Waals surface area (Å²) in [6, 6.07) is 16.3. The van der Waals surface area contributed by atoms with Gasteiger partial charge in [0, 0.05) is 61.1 Å². The average Bonchev–Trinajstić information content (AvgIpc) is 2.79. The first-order valence-electron chi connectivity index (χ1n) is 10.9. The topological polar surface area (TPSA) is 89.6 Å². The Morgan fingerprint density at radius 2 is 1.79 bits per heavy atom. The summed E-state index contributed by atoms with van der Waals surface area (Å²) >= 11 is 5.97. The number of nitrogens with one attached hydrogen (secondary N) is 3. The van der Waals surface area contributed by atoms with Gasteiger partial charge in [0.1, 0.15) is 0 Å².